The molecular weight excluding hydrogens is 238 g/mol. The van der Waals surface area contributed by atoms with Crippen molar-refractivity contribution in [3.05, 3.63) is 40.0 Å². The summed E-state index contributed by atoms with van der Waals surface area (Å²) in [5.41, 5.74) is -0.0580. The number of rotatable bonds is 4. The number of nitrogens with zero attached hydrogens (tertiary/aromatic N) is 2. The van der Waals surface area contributed by atoms with E-state index in [1.54, 1.807) is 11.3 Å². The quantitative estimate of drug-likeness (QED) is 0.868. The van der Waals surface area contributed by atoms with Crippen LogP contribution in [-0.4, -0.2) is 21.0 Å². The van der Waals surface area contributed by atoms with Gasteiger partial charge in [-0.2, -0.15) is 0 Å². The number of nitrogens with one attached hydrogen (secondary N) is 1. The molecule has 0 bridgehead atoms. The Morgan fingerprint density at radius 3 is 2.94 bits per heavy atom. The minimum absolute atomic E-state index is 0.0580. The van der Waals surface area contributed by atoms with E-state index in [0.717, 1.165) is 0 Å². The minimum Gasteiger partial charge on any atom is -0.476 e. The van der Waals surface area contributed by atoms with Crippen LogP contribution in [0.5, 0.6) is 0 Å². The number of thiophene rings is 1. The van der Waals surface area contributed by atoms with Crippen molar-refractivity contribution in [3.63, 3.8) is 0 Å². The fraction of sp³-hybridized carbons (Fsp3) is 0.182. The van der Waals surface area contributed by atoms with Gasteiger partial charge in [-0.25, -0.2) is 9.78 Å². The summed E-state index contributed by atoms with van der Waals surface area (Å²) in [7, 11) is 0. The molecule has 0 radical (unpaired) electrons. The molecule has 2 aromatic rings. The van der Waals surface area contributed by atoms with Gasteiger partial charge in [-0.15, -0.1) is 11.3 Å². The topological polar surface area (TPSA) is 75.1 Å². The van der Waals surface area contributed by atoms with E-state index in [1.165, 1.54) is 22.1 Å². The summed E-state index contributed by atoms with van der Waals surface area (Å²) < 4.78 is 0. The van der Waals surface area contributed by atoms with Gasteiger partial charge in [-0.3, -0.25) is 4.98 Å². The lowest BCUT2D eigenvalue weighted by molar-refractivity contribution is 0.0690. The van der Waals surface area contributed by atoms with E-state index in [0.29, 0.717) is 12.4 Å². The van der Waals surface area contributed by atoms with Gasteiger partial charge in [0.2, 0.25) is 0 Å². The predicted octanol–water partition coefficient (Wildman–Crippen LogP) is 2.16. The maximum absolute atomic E-state index is 10.7. The normalized spacial score (nSPS) is 10.2. The van der Waals surface area contributed by atoms with E-state index in [4.69, 9.17) is 5.11 Å². The molecule has 0 unspecified atom stereocenters. The van der Waals surface area contributed by atoms with E-state index < -0.39 is 5.97 Å². The Balaban J connectivity index is 2.04. The maximum atomic E-state index is 10.7. The van der Waals surface area contributed by atoms with Crippen LogP contribution in [0, 0.1) is 6.92 Å². The molecule has 0 aliphatic heterocycles. The first-order valence-corrected chi connectivity index (χ1v) is 5.81. The van der Waals surface area contributed by atoms with Crippen LogP contribution >= 0.6 is 11.3 Å². The van der Waals surface area contributed by atoms with Crippen molar-refractivity contribution in [2.45, 2.75) is 13.5 Å². The Bertz CT molecular complexity index is 539. The average molecular weight is 249 g/mol. The van der Waals surface area contributed by atoms with Crippen LogP contribution in [0.15, 0.2) is 24.5 Å². The number of carboxylic acid groups (broad SMARTS) is 1. The van der Waals surface area contributed by atoms with E-state index >= 15 is 0 Å². The number of hydrogen-bond acceptors (Lipinski definition) is 5. The lowest BCUT2D eigenvalue weighted by Gasteiger charge is -2.03. The summed E-state index contributed by atoms with van der Waals surface area (Å²) in [6, 6.07) is 4.07. The molecule has 0 atom stereocenters. The molecule has 0 saturated carbocycles. The number of anilines is 1. The molecule has 0 amide bonds. The van der Waals surface area contributed by atoms with Crippen LogP contribution in [-0.2, 0) is 6.54 Å². The first-order chi connectivity index (χ1) is 8.15. The van der Waals surface area contributed by atoms with Crippen LogP contribution in [0.1, 0.15) is 20.2 Å². The molecule has 0 spiro atoms. The van der Waals surface area contributed by atoms with Crippen LogP contribution in [0.2, 0.25) is 0 Å². The summed E-state index contributed by atoms with van der Waals surface area (Å²) in [5.74, 6) is -0.607. The third kappa shape index (κ3) is 3.01. The highest BCUT2D eigenvalue weighted by molar-refractivity contribution is 7.11. The van der Waals surface area contributed by atoms with Crippen molar-refractivity contribution in [1.82, 2.24) is 9.97 Å². The minimum atomic E-state index is -1.08. The van der Waals surface area contributed by atoms with Gasteiger partial charge in [-0.05, 0) is 19.1 Å². The van der Waals surface area contributed by atoms with E-state index in [1.807, 2.05) is 19.1 Å². The van der Waals surface area contributed by atoms with Gasteiger partial charge in [-0.1, -0.05) is 0 Å². The number of aromatic nitrogens is 2. The van der Waals surface area contributed by atoms with E-state index in [9.17, 15) is 4.79 Å². The molecular formula is C11H11N3O2S. The van der Waals surface area contributed by atoms with Crippen molar-refractivity contribution >= 4 is 23.1 Å². The molecule has 2 heterocycles. The fourth-order valence-electron chi connectivity index (χ4n) is 1.31. The highest BCUT2D eigenvalue weighted by atomic mass is 32.1. The summed E-state index contributed by atoms with van der Waals surface area (Å²) >= 11 is 1.69. The molecule has 17 heavy (non-hydrogen) atoms. The molecule has 0 aliphatic rings. The third-order valence-electron chi connectivity index (χ3n) is 2.09. The molecule has 0 fully saturated rings. The SMILES string of the molecule is Cc1ccc(CNc2cncc(C(=O)O)n2)s1. The average Bonchev–Trinajstić information content (AvgIpc) is 2.73. The Kier molecular flexibility index (Phi) is 3.34. The van der Waals surface area contributed by atoms with Gasteiger partial charge < -0.3 is 10.4 Å². The first kappa shape index (κ1) is 11.5. The molecule has 0 saturated heterocycles. The fourth-order valence-corrected chi connectivity index (χ4v) is 2.14. The standard InChI is InChI=1S/C11H11N3O2S/c1-7-2-3-8(17-7)4-13-10-6-12-5-9(14-10)11(15)16/h2-3,5-6H,4H2,1H3,(H,13,14)(H,15,16). The number of aryl methyl sites for hydroxylation is 1. The zero-order chi connectivity index (χ0) is 12.3. The second-order valence-corrected chi connectivity index (χ2v) is 4.83. The Morgan fingerprint density at radius 2 is 2.29 bits per heavy atom. The van der Waals surface area contributed by atoms with Gasteiger partial charge >= 0.3 is 5.97 Å². The lowest BCUT2D eigenvalue weighted by atomic mass is 10.4. The monoisotopic (exact) mass is 249 g/mol. The largest absolute Gasteiger partial charge is 0.476 e. The predicted molar refractivity (Wildman–Crippen MR) is 65.4 cm³/mol. The molecule has 5 nitrogen and oxygen atoms in total. The van der Waals surface area contributed by atoms with E-state index in [-0.39, 0.29) is 5.69 Å². The smallest absolute Gasteiger partial charge is 0.356 e. The Labute approximate surface area is 102 Å². The highest BCUT2D eigenvalue weighted by Gasteiger charge is 2.06. The summed E-state index contributed by atoms with van der Waals surface area (Å²) in [6.45, 7) is 2.66. The summed E-state index contributed by atoms with van der Waals surface area (Å²) in [6.07, 6.45) is 2.73. The molecule has 88 valence electrons. The number of aromatic carboxylic acids is 1. The van der Waals surface area contributed by atoms with Gasteiger partial charge in [0.25, 0.3) is 0 Å². The van der Waals surface area contributed by atoms with Crippen LogP contribution < -0.4 is 5.32 Å². The second-order valence-electron chi connectivity index (χ2n) is 3.46. The number of carboxylic acids is 1. The van der Waals surface area contributed by atoms with E-state index in [2.05, 4.69) is 15.3 Å². The zero-order valence-electron chi connectivity index (χ0n) is 9.17. The lowest BCUT2D eigenvalue weighted by Crippen LogP contribution is -2.06. The molecule has 0 aliphatic carbocycles. The molecule has 0 aromatic carbocycles. The van der Waals surface area contributed by atoms with Crippen molar-refractivity contribution in [2.24, 2.45) is 0 Å². The molecule has 2 aromatic heterocycles. The third-order valence-corrected chi connectivity index (χ3v) is 3.09. The van der Waals surface area contributed by atoms with Crippen LogP contribution in [0.3, 0.4) is 0 Å². The van der Waals surface area contributed by atoms with Gasteiger partial charge in [0.1, 0.15) is 5.82 Å². The van der Waals surface area contributed by atoms with Gasteiger partial charge in [0, 0.05) is 9.75 Å². The van der Waals surface area contributed by atoms with Crippen LogP contribution in [0.4, 0.5) is 5.82 Å². The first-order valence-electron chi connectivity index (χ1n) is 4.99. The van der Waals surface area contributed by atoms with Gasteiger partial charge in [0.15, 0.2) is 5.69 Å². The Hall–Kier alpha value is -1.95. The molecule has 2 rings (SSSR count). The van der Waals surface area contributed by atoms with Crippen molar-refractivity contribution in [3.8, 4) is 0 Å². The number of hydrogen-bond donors (Lipinski definition) is 2. The highest BCUT2D eigenvalue weighted by Crippen LogP contribution is 2.16. The molecule has 6 heteroatoms. The van der Waals surface area contributed by atoms with Crippen molar-refractivity contribution in [1.29, 1.82) is 0 Å². The van der Waals surface area contributed by atoms with Gasteiger partial charge in [0.05, 0.1) is 18.9 Å². The zero-order valence-corrected chi connectivity index (χ0v) is 9.99. The summed E-state index contributed by atoms with van der Waals surface area (Å²) in [5, 5.41) is 11.8. The van der Waals surface area contributed by atoms with Crippen molar-refractivity contribution < 1.29 is 9.90 Å². The number of carbonyl (C=O) groups is 1. The Morgan fingerprint density at radius 1 is 1.47 bits per heavy atom. The van der Waals surface area contributed by atoms with Crippen molar-refractivity contribution in [2.75, 3.05) is 5.32 Å². The van der Waals surface area contributed by atoms with Crippen LogP contribution in [0.25, 0.3) is 0 Å². The molecule has 2 N–H and O–H groups in total. The maximum Gasteiger partial charge on any atom is 0.356 e. The summed E-state index contributed by atoms with van der Waals surface area (Å²) in [4.78, 5) is 20.9. The second kappa shape index (κ2) is 4.92.